The Hall–Kier alpha value is -3.22. The summed E-state index contributed by atoms with van der Waals surface area (Å²) < 4.78 is 0. The number of hydrogen-bond acceptors (Lipinski definition) is 4. The van der Waals surface area contributed by atoms with Gasteiger partial charge < -0.3 is 10.6 Å². The van der Waals surface area contributed by atoms with Crippen LogP contribution in [0.1, 0.15) is 28.9 Å². The molecule has 3 aromatic rings. The van der Waals surface area contributed by atoms with E-state index in [4.69, 9.17) is 11.6 Å². The maximum atomic E-state index is 12.4. The average molecular weight is 423 g/mol. The molecule has 0 bridgehead atoms. The minimum atomic E-state index is -0.187. The molecule has 154 valence electrons. The lowest BCUT2D eigenvalue weighted by molar-refractivity contribution is -0.117. The fourth-order valence-electron chi connectivity index (χ4n) is 2.96. The summed E-state index contributed by atoms with van der Waals surface area (Å²) in [4.78, 5) is 30.6. The number of rotatable bonds is 7. The van der Waals surface area contributed by atoms with E-state index in [-0.39, 0.29) is 29.6 Å². The van der Waals surface area contributed by atoms with E-state index >= 15 is 0 Å². The Morgan fingerprint density at radius 1 is 1.03 bits per heavy atom. The number of amides is 2. The van der Waals surface area contributed by atoms with Crippen LogP contribution in [0.3, 0.4) is 0 Å². The maximum Gasteiger partial charge on any atom is 0.255 e. The first-order chi connectivity index (χ1) is 14.4. The third-order valence-electron chi connectivity index (χ3n) is 4.75. The van der Waals surface area contributed by atoms with Crippen LogP contribution < -0.4 is 10.6 Å². The number of carbonyl (C=O) groups excluding carboxylic acids is 2. The zero-order valence-corrected chi connectivity index (χ0v) is 17.6. The smallest absolute Gasteiger partial charge is 0.255 e. The topological polar surface area (TPSA) is 74.3 Å². The van der Waals surface area contributed by atoms with Gasteiger partial charge in [-0.15, -0.1) is 0 Å². The molecule has 1 unspecified atom stereocenters. The van der Waals surface area contributed by atoms with Crippen molar-refractivity contribution in [1.82, 2.24) is 9.88 Å². The van der Waals surface area contributed by atoms with Crippen molar-refractivity contribution in [2.75, 3.05) is 24.2 Å². The zero-order chi connectivity index (χ0) is 21.5. The zero-order valence-electron chi connectivity index (χ0n) is 16.8. The van der Waals surface area contributed by atoms with Gasteiger partial charge in [0, 0.05) is 23.5 Å². The van der Waals surface area contributed by atoms with Gasteiger partial charge in [-0.05, 0) is 55.9 Å². The van der Waals surface area contributed by atoms with Gasteiger partial charge in [-0.2, -0.15) is 0 Å². The van der Waals surface area contributed by atoms with E-state index in [1.165, 1.54) is 0 Å². The van der Waals surface area contributed by atoms with Gasteiger partial charge in [0.15, 0.2) is 5.15 Å². The number of aromatic nitrogens is 1. The van der Waals surface area contributed by atoms with Crippen molar-refractivity contribution in [2.24, 2.45) is 0 Å². The Balaban J connectivity index is 1.62. The van der Waals surface area contributed by atoms with Crippen molar-refractivity contribution in [1.29, 1.82) is 0 Å². The van der Waals surface area contributed by atoms with Crippen molar-refractivity contribution < 1.29 is 9.59 Å². The van der Waals surface area contributed by atoms with Crippen molar-refractivity contribution in [3.8, 4) is 0 Å². The molecule has 1 heterocycles. The van der Waals surface area contributed by atoms with Crippen LogP contribution >= 0.6 is 11.6 Å². The van der Waals surface area contributed by atoms with E-state index in [2.05, 4.69) is 15.6 Å². The Morgan fingerprint density at radius 2 is 1.80 bits per heavy atom. The number of benzene rings is 2. The van der Waals surface area contributed by atoms with E-state index in [0.29, 0.717) is 16.9 Å². The summed E-state index contributed by atoms with van der Waals surface area (Å²) in [6, 6.07) is 20.0. The van der Waals surface area contributed by atoms with Crippen LogP contribution in [0.15, 0.2) is 72.9 Å². The van der Waals surface area contributed by atoms with Gasteiger partial charge in [0.1, 0.15) is 0 Å². The Kier molecular flexibility index (Phi) is 7.17. The first kappa shape index (κ1) is 21.5. The summed E-state index contributed by atoms with van der Waals surface area (Å²) in [5.74, 6) is -0.353. The summed E-state index contributed by atoms with van der Waals surface area (Å²) in [6.07, 6.45) is 1.57. The molecule has 7 heteroatoms. The summed E-state index contributed by atoms with van der Waals surface area (Å²) >= 11 is 5.99. The molecule has 0 fully saturated rings. The van der Waals surface area contributed by atoms with Gasteiger partial charge in [0.25, 0.3) is 5.91 Å². The number of carbonyl (C=O) groups is 2. The quantitative estimate of drug-likeness (QED) is 0.545. The second-order valence-corrected chi connectivity index (χ2v) is 7.28. The van der Waals surface area contributed by atoms with E-state index in [9.17, 15) is 9.59 Å². The second-order valence-electron chi connectivity index (χ2n) is 6.93. The lowest BCUT2D eigenvalue weighted by atomic mass is 10.1. The summed E-state index contributed by atoms with van der Waals surface area (Å²) in [6.45, 7) is 2.18. The van der Waals surface area contributed by atoms with Crippen LogP contribution in [-0.4, -0.2) is 35.3 Å². The lowest BCUT2D eigenvalue weighted by Gasteiger charge is -2.25. The minimum absolute atomic E-state index is 0.0475. The summed E-state index contributed by atoms with van der Waals surface area (Å²) in [7, 11) is 1.87. The monoisotopic (exact) mass is 422 g/mol. The molecule has 0 radical (unpaired) electrons. The molecule has 1 atom stereocenters. The van der Waals surface area contributed by atoms with E-state index < -0.39 is 0 Å². The number of nitrogens with zero attached hydrogens (tertiary/aromatic N) is 2. The number of anilines is 2. The Morgan fingerprint density at radius 3 is 2.53 bits per heavy atom. The van der Waals surface area contributed by atoms with Crippen molar-refractivity contribution in [2.45, 2.75) is 13.0 Å². The third kappa shape index (κ3) is 5.65. The highest BCUT2D eigenvalue weighted by atomic mass is 35.5. The third-order valence-corrected chi connectivity index (χ3v) is 5.05. The molecule has 0 aliphatic heterocycles. The molecule has 2 aromatic carbocycles. The molecule has 2 N–H and O–H groups in total. The van der Waals surface area contributed by atoms with Gasteiger partial charge in [0.05, 0.1) is 12.2 Å². The highest BCUT2D eigenvalue weighted by molar-refractivity contribution is 6.32. The first-order valence-electron chi connectivity index (χ1n) is 9.51. The molecule has 6 nitrogen and oxygen atoms in total. The lowest BCUT2D eigenvalue weighted by Crippen LogP contribution is -2.32. The highest BCUT2D eigenvalue weighted by Gasteiger charge is 2.16. The molecule has 30 heavy (non-hydrogen) atoms. The molecule has 0 saturated carbocycles. The number of hydrogen-bond donors (Lipinski definition) is 2. The van der Waals surface area contributed by atoms with Crippen molar-refractivity contribution >= 4 is 34.8 Å². The van der Waals surface area contributed by atoms with Gasteiger partial charge >= 0.3 is 0 Å². The molecule has 2 amide bonds. The van der Waals surface area contributed by atoms with E-state index in [1.54, 1.807) is 30.5 Å². The summed E-state index contributed by atoms with van der Waals surface area (Å²) in [5, 5.41) is 5.94. The van der Waals surface area contributed by atoms with Crippen molar-refractivity contribution in [3.05, 3.63) is 89.2 Å². The van der Waals surface area contributed by atoms with Gasteiger partial charge in [-0.25, -0.2) is 4.98 Å². The average Bonchev–Trinajstić information content (AvgIpc) is 2.75. The Bertz CT molecular complexity index is 1030. The number of halogens is 1. The van der Waals surface area contributed by atoms with Crippen LogP contribution in [0.25, 0.3) is 0 Å². The second kappa shape index (κ2) is 10.0. The molecule has 3 rings (SSSR count). The number of nitrogens with one attached hydrogen (secondary N) is 2. The first-order valence-corrected chi connectivity index (χ1v) is 9.89. The minimum Gasteiger partial charge on any atom is -0.322 e. The highest BCUT2D eigenvalue weighted by Crippen LogP contribution is 2.23. The molecule has 0 aliphatic rings. The van der Waals surface area contributed by atoms with Gasteiger partial charge in [0.2, 0.25) is 5.91 Å². The molecule has 1 aromatic heterocycles. The van der Waals surface area contributed by atoms with Crippen LogP contribution in [0.2, 0.25) is 5.15 Å². The van der Waals surface area contributed by atoms with E-state index in [1.807, 2.05) is 61.3 Å². The molecule has 0 aliphatic carbocycles. The molecule has 0 saturated heterocycles. The van der Waals surface area contributed by atoms with E-state index in [0.717, 1.165) is 5.56 Å². The van der Waals surface area contributed by atoms with Crippen LogP contribution in [0, 0.1) is 0 Å². The predicted molar refractivity (Wildman–Crippen MR) is 120 cm³/mol. The molecule has 0 spiro atoms. The molecular formula is C23H23ClN4O2. The number of likely N-dealkylation sites (N-methyl/N-ethyl adjacent to an activating group) is 1. The normalized spacial score (nSPS) is 11.7. The number of pyridine rings is 1. The fraction of sp³-hybridized carbons (Fsp3) is 0.174. The van der Waals surface area contributed by atoms with Gasteiger partial charge in [-0.1, -0.05) is 41.9 Å². The predicted octanol–water partition coefficient (Wildman–Crippen LogP) is 4.62. The largest absolute Gasteiger partial charge is 0.322 e. The molecular weight excluding hydrogens is 400 g/mol. The van der Waals surface area contributed by atoms with Crippen LogP contribution in [-0.2, 0) is 4.79 Å². The fourth-order valence-corrected chi connectivity index (χ4v) is 3.12. The SMILES string of the molecule is CC(c1cccc(NC(=O)c2ccccc2)c1)N(C)CC(=O)Nc1cccnc1Cl. The summed E-state index contributed by atoms with van der Waals surface area (Å²) in [5.41, 5.74) is 2.76. The van der Waals surface area contributed by atoms with Crippen LogP contribution in [0.4, 0.5) is 11.4 Å². The van der Waals surface area contributed by atoms with Crippen LogP contribution in [0.5, 0.6) is 0 Å². The Labute approximate surface area is 180 Å². The maximum absolute atomic E-state index is 12.4. The standard InChI is InChI=1S/C23H23ClN4O2/c1-16(28(2)15-21(29)27-20-12-7-13-25-22(20)24)18-10-6-11-19(14-18)26-23(30)17-8-4-3-5-9-17/h3-14,16H,15H2,1-2H3,(H,26,30)(H,27,29). The van der Waals surface area contributed by atoms with Crippen molar-refractivity contribution in [3.63, 3.8) is 0 Å². The van der Waals surface area contributed by atoms with Gasteiger partial charge in [-0.3, -0.25) is 14.5 Å².